The van der Waals surface area contributed by atoms with Crippen LogP contribution in [0.1, 0.15) is 48.7 Å². The number of fused-ring (bicyclic) bond motifs is 1. The average Bonchev–Trinajstić information content (AvgIpc) is 2.84. The van der Waals surface area contributed by atoms with E-state index in [0.717, 1.165) is 16.9 Å². The number of methoxy groups -OCH3 is 1. The summed E-state index contributed by atoms with van der Waals surface area (Å²) in [5.41, 5.74) is 2.70. The van der Waals surface area contributed by atoms with Crippen molar-refractivity contribution in [3.8, 4) is 5.75 Å². The zero-order valence-corrected chi connectivity index (χ0v) is 19.0. The van der Waals surface area contributed by atoms with E-state index in [9.17, 15) is 14.0 Å². The third kappa shape index (κ3) is 4.21. The van der Waals surface area contributed by atoms with Crippen LogP contribution in [0.15, 0.2) is 72.8 Å². The topological polar surface area (TPSA) is 49.9 Å². The standard InChI is InChI=1S/C27H27FN2O3/c1-4-26(31)30(20-10-6-5-7-11-20)24-16-18(2)29(23-13-9-8-12-21(23)24)27(32)19-14-15-25(33-3)22(28)17-19/h5-15,17-18,24H,4,16H2,1-3H3/t18-,24+/m1/s1. The minimum absolute atomic E-state index is 0.0187. The Morgan fingerprint density at radius 1 is 1.06 bits per heavy atom. The van der Waals surface area contributed by atoms with Crippen LogP contribution in [0.4, 0.5) is 15.8 Å². The number of amides is 2. The maximum absolute atomic E-state index is 14.3. The lowest BCUT2D eigenvalue weighted by Gasteiger charge is -2.43. The summed E-state index contributed by atoms with van der Waals surface area (Å²) in [6.45, 7) is 3.81. The Balaban J connectivity index is 1.77. The van der Waals surface area contributed by atoms with Crippen molar-refractivity contribution in [2.45, 2.75) is 38.8 Å². The van der Waals surface area contributed by atoms with Crippen molar-refractivity contribution in [3.63, 3.8) is 0 Å². The number of rotatable bonds is 5. The van der Waals surface area contributed by atoms with Gasteiger partial charge in [0.25, 0.3) is 5.91 Å². The van der Waals surface area contributed by atoms with Gasteiger partial charge in [0.2, 0.25) is 5.91 Å². The number of nitrogens with zero attached hydrogens (tertiary/aromatic N) is 2. The van der Waals surface area contributed by atoms with Gasteiger partial charge in [-0.1, -0.05) is 43.3 Å². The highest BCUT2D eigenvalue weighted by atomic mass is 19.1. The number of anilines is 2. The van der Waals surface area contributed by atoms with Crippen LogP contribution < -0.4 is 14.5 Å². The number of halogens is 1. The second-order valence-electron chi connectivity index (χ2n) is 8.14. The van der Waals surface area contributed by atoms with Gasteiger partial charge in [-0.3, -0.25) is 9.59 Å². The summed E-state index contributed by atoms with van der Waals surface area (Å²) in [5.74, 6) is -0.758. The van der Waals surface area contributed by atoms with Gasteiger partial charge in [-0.25, -0.2) is 4.39 Å². The molecule has 1 aliphatic rings. The monoisotopic (exact) mass is 446 g/mol. The number of carbonyl (C=O) groups excluding carboxylic acids is 2. The molecule has 170 valence electrons. The van der Waals surface area contributed by atoms with E-state index >= 15 is 0 Å². The largest absolute Gasteiger partial charge is 0.494 e. The van der Waals surface area contributed by atoms with Crippen LogP contribution in [0.5, 0.6) is 5.75 Å². The fraction of sp³-hybridized carbons (Fsp3) is 0.259. The Bertz CT molecular complexity index is 1170. The average molecular weight is 447 g/mol. The SMILES string of the molecule is CCC(=O)N(c1ccccc1)[C@H]1C[C@@H](C)N(C(=O)c2ccc(OC)c(F)c2)c2ccccc21. The second kappa shape index (κ2) is 9.45. The van der Waals surface area contributed by atoms with Gasteiger partial charge in [0, 0.05) is 29.4 Å². The summed E-state index contributed by atoms with van der Waals surface area (Å²) in [7, 11) is 1.39. The summed E-state index contributed by atoms with van der Waals surface area (Å²) in [5, 5.41) is 0. The van der Waals surface area contributed by atoms with Gasteiger partial charge < -0.3 is 14.5 Å². The molecule has 0 spiro atoms. The molecule has 6 heteroatoms. The predicted molar refractivity (Wildman–Crippen MR) is 127 cm³/mol. The van der Waals surface area contributed by atoms with E-state index in [4.69, 9.17) is 4.74 Å². The van der Waals surface area contributed by atoms with Crippen LogP contribution in [0.2, 0.25) is 0 Å². The first-order valence-electron chi connectivity index (χ1n) is 11.1. The van der Waals surface area contributed by atoms with Crippen molar-refractivity contribution in [1.29, 1.82) is 0 Å². The third-order valence-electron chi connectivity index (χ3n) is 6.10. The number of carbonyl (C=O) groups is 2. The quantitative estimate of drug-likeness (QED) is 0.501. The smallest absolute Gasteiger partial charge is 0.258 e. The Morgan fingerprint density at radius 3 is 2.42 bits per heavy atom. The van der Waals surface area contributed by atoms with Gasteiger partial charge in [0.1, 0.15) is 0 Å². The molecule has 0 bridgehead atoms. The molecule has 4 rings (SSSR count). The van der Waals surface area contributed by atoms with Crippen LogP contribution in [-0.2, 0) is 4.79 Å². The van der Waals surface area contributed by atoms with Gasteiger partial charge >= 0.3 is 0 Å². The van der Waals surface area contributed by atoms with E-state index in [-0.39, 0.29) is 35.2 Å². The number of benzene rings is 3. The molecular weight excluding hydrogens is 419 g/mol. The van der Waals surface area contributed by atoms with E-state index in [1.165, 1.54) is 19.2 Å². The van der Waals surface area contributed by atoms with Crippen LogP contribution in [0.3, 0.4) is 0 Å². The Kier molecular flexibility index (Phi) is 6.45. The van der Waals surface area contributed by atoms with Crippen LogP contribution >= 0.6 is 0 Å². The molecule has 3 aromatic rings. The van der Waals surface area contributed by atoms with E-state index in [1.54, 1.807) is 11.0 Å². The molecule has 0 fully saturated rings. The maximum Gasteiger partial charge on any atom is 0.258 e. The summed E-state index contributed by atoms with van der Waals surface area (Å²) in [6, 6.07) is 21.0. The van der Waals surface area contributed by atoms with Crippen molar-refractivity contribution in [3.05, 3.63) is 89.7 Å². The van der Waals surface area contributed by atoms with E-state index in [2.05, 4.69) is 0 Å². The molecule has 5 nitrogen and oxygen atoms in total. The van der Waals surface area contributed by atoms with Gasteiger partial charge in [0.05, 0.1) is 13.2 Å². The van der Waals surface area contributed by atoms with Gasteiger partial charge in [-0.15, -0.1) is 0 Å². The van der Waals surface area contributed by atoms with Crippen molar-refractivity contribution in [2.75, 3.05) is 16.9 Å². The molecule has 3 aromatic carbocycles. The van der Waals surface area contributed by atoms with Crippen molar-refractivity contribution in [2.24, 2.45) is 0 Å². The lowest BCUT2D eigenvalue weighted by molar-refractivity contribution is -0.118. The molecule has 1 heterocycles. The molecule has 0 saturated heterocycles. The molecule has 2 amide bonds. The van der Waals surface area contributed by atoms with Gasteiger partial charge in [-0.2, -0.15) is 0 Å². The fourth-order valence-electron chi connectivity index (χ4n) is 4.53. The zero-order valence-electron chi connectivity index (χ0n) is 19.0. The lowest BCUT2D eigenvalue weighted by Crippen LogP contribution is -2.47. The molecule has 0 unspecified atom stereocenters. The number of ether oxygens (including phenoxy) is 1. The van der Waals surface area contributed by atoms with Gasteiger partial charge in [0.15, 0.2) is 11.6 Å². The van der Waals surface area contributed by atoms with E-state index in [1.807, 2.05) is 73.3 Å². The summed E-state index contributed by atoms with van der Waals surface area (Å²) >= 11 is 0. The fourth-order valence-corrected chi connectivity index (χ4v) is 4.53. The minimum Gasteiger partial charge on any atom is -0.494 e. The first kappa shape index (κ1) is 22.5. The highest BCUT2D eigenvalue weighted by Crippen LogP contribution is 2.43. The molecule has 0 saturated carbocycles. The van der Waals surface area contributed by atoms with E-state index < -0.39 is 5.82 Å². The first-order chi connectivity index (χ1) is 16.0. The number of hydrogen-bond acceptors (Lipinski definition) is 3. The summed E-state index contributed by atoms with van der Waals surface area (Å²) in [4.78, 5) is 30.1. The first-order valence-corrected chi connectivity index (χ1v) is 11.1. The third-order valence-corrected chi connectivity index (χ3v) is 6.10. The van der Waals surface area contributed by atoms with Crippen molar-refractivity contribution < 1.29 is 18.7 Å². The zero-order chi connectivity index (χ0) is 23.5. The van der Waals surface area contributed by atoms with Crippen molar-refractivity contribution in [1.82, 2.24) is 0 Å². The summed E-state index contributed by atoms with van der Waals surface area (Å²) in [6.07, 6.45) is 0.928. The molecule has 0 N–H and O–H groups in total. The van der Waals surface area contributed by atoms with Gasteiger partial charge in [-0.05, 0) is 55.3 Å². The molecule has 1 aliphatic heterocycles. The molecule has 33 heavy (non-hydrogen) atoms. The second-order valence-corrected chi connectivity index (χ2v) is 8.14. The predicted octanol–water partition coefficient (Wildman–Crippen LogP) is 5.76. The normalized spacial score (nSPS) is 17.3. The number of para-hydroxylation sites is 2. The molecule has 0 aromatic heterocycles. The molecule has 0 radical (unpaired) electrons. The highest BCUT2D eigenvalue weighted by Gasteiger charge is 2.38. The van der Waals surface area contributed by atoms with E-state index in [0.29, 0.717) is 12.8 Å². The van der Waals surface area contributed by atoms with Crippen LogP contribution in [-0.4, -0.2) is 25.0 Å². The molecule has 0 aliphatic carbocycles. The minimum atomic E-state index is -0.581. The highest BCUT2D eigenvalue weighted by molar-refractivity contribution is 6.07. The molecular formula is C27H27FN2O3. The van der Waals surface area contributed by atoms with Crippen LogP contribution in [0.25, 0.3) is 0 Å². The van der Waals surface area contributed by atoms with Crippen molar-refractivity contribution >= 4 is 23.2 Å². The van der Waals surface area contributed by atoms with Crippen LogP contribution in [0, 0.1) is 5.82 Å². The molecule has 2 atom stereocenters. The Hall–Kier alpha value is -3.67. The maximum atomic E-state index is 14.3. The lowest BCUT2D eigenvalue weighted by atomic mass is 9.89. The Labute approximate surface area is 193 Å². The summed E-state index contributed by atoms with van der Waals surface area (Å²) < 4.78 is 19.3. The Morgan fingerprint density at radius 2 is 1.76 bits per heavy atom. The number of hydrogen-bond donors (Lipinski definition) is 0.